The van der Waals surface area contributed by atoms with Crippen molar-refractivity contribution in [3.63, 3.8) is 0 Å². The summed E-state index contributed by atoms with van der Waals surface area (Å²) in [5.74, 6) is 1.56. The highest BCUT2D eigenvalue weighted by molar-refractivity contribution is 5.85. The molecule has 22 heavy (non-hydrogen) atoms. The Morgan fingerprint density at radius 3 is 2.32 bits per heavy atom. The molecule has 2 N–H and O–H groups in total. The molecule has 1 saturated heterocycles. The van der Waals surface area contributed by atoms with Gasteiger partial charge < -0.3 is 10.6 Å². The zero-order valence-corrected chi connectivity index (χ0v) is 14.3. The van der Waals surface area contributed by atoms with E-state index in [-0.39, 0.29) is 24.4 Å². The van der Waals surface area contributed by atoms with Crippen molar-refractivity contribution in [3.8, 4) is 0 Å². The summed E-state index contributed by atoms with van der Waals surface area (Å²) in [5.41, 5.74) is 8.60. The number of hydrogen-bond donors (Lipinski definition) is 1. The Labute approximate surface area is 139 Å². The molecule has 2 fully saturated rings. The maximum atomic E-state index is 12.5. The molecule has 0 aromatic heterocycles. The van der Waals surface area contributed by atoms with Crippen LogP contribution in [-0.2, 0) is 4.79 Å². The van der Waals surface area contributed by atoms with Crippen molar-refractivity contribution < 1.29 is 4.79 Å². The predicted octanol–water partition coefficient (Wildman–Crippen LogP) is 3.29. The number of likely N-dealkylation sites (tertiary alicyclic amines) is 1. The second-order valence-electron chi connectivity index (χ2n) is 6.93. The second kappa shape index (κ2) is 7.01. The number of benzene rings is 1. The molecule has 2 unspecified atom stereocenters. The van der Waals surface area contributed by atoms with Gasteiger partial charge in [0.05, 0.1) is 0 Å². The number of nitrogens with zero attached hydrogens (tertiary/aromatic N) is 1. The third-order valence-corrected chi connectivity index (χ3v) is 4.99. The molecule has 122 valence electrons. The Bertz CT molecular complexity index is 506. The lowest BCUT2D eigenvalue weighted by atomic mass is 9.99. The van der Waals surface area contributed by atoms with Gasteiger partial charge in [0.15, 0.2) is 0 Å². The smallest absolute Gasteiger partial charge is 0.226 e. The van der Waals surface area contributed by atoms with Gasteiger partial charge in [-0.1, -0.05) is 38.1 Å². The first kappa shape index (κ1) is 17.3. The van der Waals surface area contributed by atoms with Gasteiger partial charge in [0.2, 0.25) is 5.91 Å². The zero-order valence-electron chi connectivity index (χ0n) is 13.5. The highest BCUT2D eigenvalue weighted by Gasteiger charge is 2.45. The molecule has 3 rings (SSSR count). The first-order valence-corrected chi connectivity index (χ1v) is 8.20. The molecule has 1 aliphatic carbocycles. The molecule has 0 spiro atoms. The Morgan fingerprint density at radius 1 is 1.18 bits per heavy atom. The van der Waals surface area contributed by atoms with E-state index in [0.29, 0.717) is 17.7 Å². The lowest BCUT2D eigenvalue weighted by molar-refractivity contribution is -0.133. The molecule has 0 bridgehead atoms. The van der Waals surface area contributed by atoms with Gasteiger partial charge in [0, 0.05) is 25.0 Å². The van der Waals surface area contributed by atoms with Crippen molar-refractivity contribution in [2.75, 3.05) is 13.1 Å². The number of nitrogens with two attached hydrogens (primary N) is 1. The number of halogens is 1. The van der Waals surface area contributed by atoms with E-state index in [9.17, 15) is 4.79 Å². The van der Waals surface area contributed by atoms with Crippen LogP contribution in [0.25, 0.3) is 0 Å². The fourth-order valence-corrected chi connectivity index (χ4v) is 3.32. The minimum Gasteiger partial charge on any atom is -0.342 e. The number of rotatable bonds is 3. The summed E-state index contributed by atoms with van der Waals surface area (Å²) in [5, 5.41) is 0. The highest BCUT2D eigenvalue weighted by atomic mass is 35.5. The van der Waals surface area contributed by atoms with Crippen LogP contribution in [0.3, 0.4) is 0 Å². The maximum absolute atomic E-state index is 12.5. The molecule has 2 atom stereocenters. The topological polar surface area (TPSA) is 46.3 Å². The van der Waals surface area contributed by atoms with Crippen LogP contribution in [-0.4, -0.2) is 29.9 Å². The Kier molecular flexibility index (Phi) is 5.51. The number of hydrogen-bond acceptors (Lipinski definition) is 2. The molecule has 1 aromatic carbocycles. The molecule has 1 amide bonds. The monoisotopic (exact) mass is 322 g/mol. The van der Waals surface area contributed by atoms with Crippen LogP contribution < -0.4 is 5.73 Å². The van der Waals surface area contributed by atoms with Gasteiger partial charge in [-0.3, -0.25) is 4.79 Å². The fraction of sp³-hybridized carbons (Fsp3) is 0.611. The summed E-state index contributed by atoms with van der Waals surface area (Å²) in [7, 11) is 0. The van der Waals surface area contributed by atoms with E-state index < -0.39 is 0 Å². The SMILES string of the molecule is CC(C)c1ccc(C2CC2C(=O)N2CCC(N)CC2)cc1.Cl. The Morgan fingerprint density at radius 2 is 1.77 bits per heavy atom. The quantitative estimate of drug-likeness (QED) is 0.928. The molecule has 0 radical (unpaired) electrons. The van der Waals surface area contributed by atoms with Gasteiger partial charge in [-0.2, -0.15) is 0 Å². The number of carbonyl (C=O) groups excluding carboxylic acids is 1. The largest absolute Gasteiger partial charge is 0.342 e. The molecule has 2 aliphatic rings. The normalized spacial score (nSPS) is 25.0. The van der Waals surface area contributed by atoms with E-state index in [1.165, 1.54) is 11.1 Å². The number of carbonyl (C=O) groups is 1. The van der Waals surface area contributed by atoms with Crippen molar-refractivity contribution in [3.05, 3.63) is 35.4 Å². The van der Waals surface area contributed by atoms with E-state index in [1.54, 1.807) is 0 Å². The van der Waals surface area contributed by atoms with Crippen LogP contribution in [0, 0.1) is 5.92 Å². The van der Waals surface area contributed by atoms with E-state index >= 15 is 0 Å². The minimum atomic E-state index is 0. The average molecular weight is 323 g/mol. The van der Waals surface area contributed by atoms with Crippen LogP contribution >= 0.6 is 12.4 Å². The molecular weight excluding hydrogens is 296 g/mol. The second-order valence-corrected chi connectivity index (χ2v) is 6.93. The van der Waals surface area contributed by atoms with Gasteiger partial charge in [0.1, 0.15) is 0 Å². The number of amides is 1. The van der Waals surface area contributed by atoms with Gasteiger partial charge >= 0.3 is 0 Å². The van der Waals surface area contributed by atoms with Crippen LogP contribution in [0.4, 0.5) is 0 Å². The third kappa shape index (κ3) is 3.64. The van der Waals surface area contributed by atoms with Gasteiger partial charge in [-0.25, -0.2) is 0 Å². The summed E-state index contributed by atoms with van der Waals surface area (Å²) < 4.78 is 0. The highest BCUT2D eigenvalue weighted by Crippen LogP contribution is 2.48. The predicted molar refractivity (Wildman–Crippen MR) is 92.4 cm³/mol. The molecule has 1 aliphatic heterocycles. The van der Waals surface area contributed by atoms with E-state index in [0.717, 1.165) is 32.4 Å². The molecule has 1 heterocycles. The summed E-state index contributed by atoms with van der Waals surface area (Å²) in [4.78, 5) is 14.5. The van der Waals surface area contributed by atoms with Gasteiger partial charge in [0.25, 0.3) is 0 Å². The molecule has 3 nitrogen and oxygen atoms in total. The van der Waals surface area contributed by atoms with E-state index in [2.05, 4.69) is 38.1 Å². The third-order valence-electron chi connectivity index (χ3n) is 4.99. The van der Waals surface area contributed by atoms with Crippen molar-refractivity contribution in [1.82, 2.24) is 4.90 Å². The van der Waals surface area contributed by atoms with Crippen LogP contribution in [0.2, 0.25) is 0 Å². The molecular formula is C18H27ClN2O. The average Bonchev–Trinajstić information content (AvgIpc) is 3.28. The lowest BCUT2D eigenvalue weighted by Gasteiger charge is -2.30. The first-order chi connectivity index (χ1) is 10.1. The van der Waals surface area contributed by atoms with Crippen LogP contribution in [0.1, 0.15) is 56.1 Å². The number of piperidine rings is 1. The van der Waals surface area contributed by atoms with Crippen LogP contribution in [0.15, 0.2) is 24.3 Å². The summed E-state index contributed by atoms with van der Waals surface area (Å²) in [6.07, 6.45) is 2.92. The van der Waals surface area contributed by atoms with Crippen molar-refractivity contribution in [2.45, 2.75) is 51.0 Å². The van der Waals surface area contributed by atoms with E-state index in [4.69, 9.17) is 5.73 Å². The lowest BCUT2D eigenvalue weighted by Crippen LogP contribution is -2.43. The summed E-state index contributed by atoms with van der Waals surface area (Å²) in [6.45, 7) is 6.10. The Hall–Kier alpha value is -1.06. The maximum Gasteiger partial charge on any atom is 0.226 e. The van der Waals surface area contributed by atoms with Gasteiger partial charge in [-0.05, 0) is 42.2 Å². The van der Waals surface area contributed by atoms with Crippen molar-refractivity contribution in [1.29, 1.82) is 0 Å². The first-order valence-electron chi connectivity index (χ1n) is 8.20. The molecule has 4 heteroatoms. The van der Waals surface area contributed by atoms with Crippen molar-refractivity contribution in [2.24, 2.45) is 11.7 Å². The molecule has 1 saturated carbocycles. The zero-order chi connectivity index (χ0) is 15.0. The molecule has 1 aromatic rings. The van der Waals surface area contributed by atoms with E-state index in [1.807, 2.05) is 4.90 Å². The fourth-order valence-electron chi connectivity index (χ4n) is 3.32. The summed E-state index contributed by atoms with van der Waals surface area (Å²) in [6, 6.07) is 9.12. The van der Waals surface area contributed by atoms with Gasteiger partial charge in [-0.15, -0.1) is 12.4 Å². The van der Waals surface area contributed by atoms with Crippen molar-refractivity contribution >= 4 is 18.3 Å². The minimum absolute atomic E-state index is 0. The summed E-state index contributed by atoms with van der Waals surface area (Å²) >= 11 is 0. The van der Waals surface area contributed by atoms with Crippen LogP contribution in [0.5, 0.6) is 0 Å². The Balaban J connectivity index is 0.00000176. The standard InChI is InChI=1S/C18H26N2O.ClH/c1-12(2)13-3-5-14(6-4-13)16-11-17(16)18(21)20-9-7-15(19)8-10-20;/h3-6,12,15-17H,7-11,19H2,1-2H3;1H.